The molecule has 0 radical (unpaired) electrons. The largest absolute Gasteiger partial charge is 0.299 e. The van der Waals surface area contributed by atoms with Gasteiger partial charge in [0.25, 0.3) is 0 Å². The summed E-state index contributed by atoms with van der Waals surface area (Å²) in [7, 11) is 0. The molecular weight excluding hydrogens is 242 g/mol. The van der Waals surface area contributed by atoms with Gasteiger partial charge in [-0.05, 0) is 31.5 Å². The number of unbranched alkanes of at least 4 members (excludes halogenated alkanes) is 8. The molecule has 1 nitrogen and oxygen atoms in total. The molecule has 0 spiro atoms. The first kappa shape index (κ1) is 19.4. The lowest BCUT2D eigenvalue weighted by Crippen LogP contribution is -2.28. The van der Waals surface area contributed by atoms with Crippen LogP contribution in [0.2, 0.25) is 0 Å². The molecule has 0 aliphatic rings. The van der Waals surface area contributed by atoms with Crippen molar-refractivity contribution in [3.05, 3.63) is 24.8 Å². The molecule has 0 aliphatic carbocycles. The lowest BCUT2D eigenvalue weighted by atomic mass is 10.1. The predicted molar refractivity (Wildman–Crippen MR) is 93.3 cm³/mol. The van der Waals surface area contributed by atoms with Gasteiger partial charge in [0.1, 0.15) is 0 Å². The molecule has 0 N–H and O–H groups in total. The summed E-state index contributed by atoms with van der Waals surface area (Å²) in [5.74, 6) is 0. The van der Waals surface area contributed by atoms with Crippen LogP contribution in [0.15, 0.2) is 24.8 Å². The van der Waals surface area contributed by atoms with Gasteiger partial charge in [0.05, 0.1) is 0 Å². The van der Waals surface area contributed by atoms with Crippen molar-refractivity contribution in [1.29, 1.82) is 0 Å². The van der Waals surface area contributed by atoms with Crippen LogP contribution in [0.1, 0.15) is 78.1 Å². The third-order valence-electron chi connectivity index (χ3n) is 3.87. The number of rotatable bonds is 15. The lowest BCUT2D eigenvalue weighted by Gasteiger charge is -2.22. The molecule has 0 atom stereocenters. The van der Waals surface area contributed by atoms with Crippen molar-refractivity contribution in [2.45, 2.75) is 78.1 Å². The van der Waals surface area contributed by atoms with E-state index in [-0.39, 0.29) is 0 Å². The van der Waals surface area contributed by atoms with E-state index < -0.39 is 0 Å². The smallest absolute Gasteiger partial charge is 0.0227 e. The van der Waals surface area contributed by atoms with E-state index >= 15 is 0 Å². The van der Waals surface area contributed by atoms with E-state index in [1.807, 2.05) is 6.08 Å². The summed E-state index contributed by atoms with van der Waals surface area (Å²) in [6.07, 6.45) is 15.5. The molecule has 0 aromatic rings. The van der Waals surface area contributed by atoms with Gasteiger partial charge < -0.3 is 0 Å². The van der Waals surface area contributed by atoms with Gasteiger partial charge in [0.15, 0.2) is 0 Å². The number of hydrogen-bond acceptors (Lipinski definition) is 1. The van der Waals surface area contributed by atoms with Crippen LogP contribution in [0, 0.1) is 0 Å². The van der Waals surface area contributed by atoms with E-state index in [9.17, 15) is 0 Å². The van der Waals surface area contributed by atoms with Crippen molar-refractivity contribution < 1.29 is 0 Å². The molecule has 0 unspecified atom stereocenters. The molecule has 20 heavy (non-hydrogen) atoms. The molecule has 0 fully saturated rings. The summed E-state index contributed by atoms with van der Waals surface area (Å²) in [6, 6.07) is 0. The fourth-order valence-corrected chi connectivity index (χ4v) is 2.50. The average molecular weight is 280 g/mol. The van der Waals surface area contributed by atoms with E-state index in [1.54, 1.807) is 0 Å². The normalized spacial score (nSPS) is 10.9. The maximum absolute atomic E-state index is 4.07. The van der Waals surface area contributed by atoms with E-state index in [4.69, 9.17) is 0 Å². The molecular formula is C19H37N. The summed E-state index contributed by atoms with van der Waals surface area (Å²) in [5.41, 5.74) is 1.16. The Morgan fingerprint density at radius 2 is 1.25 bits per heavy atom. The van der Waals surface area contributed by atoms with E-state index in [0.717, 1.165) is 12.1 Å². The molecule has 0 aromatic heterocycles. The SMILES string of the molecule is C=CC(=C)CN(CCCCCCC)CCCCCCC. The summed E-state index contributed by atoms with van der Waals surface area (Å²) in [4.78, 5) is 2.57. The third kappa shape index (κ3) is 12.5. The van der Waals surface area contributed by atoms with Crippen molar-refractivity contribution in [2.24, 2.45) is 0 Å². The fraction of sp³-hybridized carbons (Fsp3) is 0.789. The Hall–Kier alpha value is -0.560. The van der Waals surface area contributed by atoms with Gasteiger partial charge in [-0.3, -0.25) is 4.90 Å². The minimum Gasteiger partial charge on any atom is -0.299 e. The standard InChI is InChI=1S/C19H37N/c1-5-8-10-12-14-16-20(18-19(4)7-3)17-15-13-11-9-6-2/h7H,3-6,8-18H2,1-2H3. The van der Waals surface area contributed by atoms with Crippen LogP contribution >= 0.6 is 0 Å². The summed E-state index contributed by atoms with van der Waals surface area (Å²) in [5, 5.41) is 0. The van der Waals surface area contributed by atoms with Crippen LogP contribution in [0.5, 0.6) is 0 Å². The van der Waals surface area contributed by atoms with Crippen molar-refractivity contribution in [1.82, 2.24) is 4.90 Å². The Bertz CT molecular complexity index is 218. The minimum atomic E-state index is 1.01. The van der Waals surface area contributed by atoms with Crippen LogP contribution in [-0.2, 0) is 0 Å². The van der Waals surface area contributed by atoms with E-state index in [0.29, 0.717) is 0 Å². The zero-order valence-corrected chi connectivity index (χ0v) is 14.1. The first-order valence-corrected chi connectivity index (χ1v) is 8.77. The molecule has 0 aromatic carbocycles. The molecule has 0 saturated carbocycles. The summed E-state index contributed by atoms with van der Waals surface area (Å²) < 4.78 is 0. The quantitative estimate of drug-likeness (QED) is 0.263. The monoisotopic (exact) mass is 279 g/mol. The highest BCUT2D eigenvalue weighted by atomic mass is 15.1. The van der Waals surface area contributed by atoms with Gasteiger partial charge in [0.2, 0.25) is 0 Å². The van der Waals surface area contributed by atoms with Crippen molar-refractivity contribution in [3.8, 4) is 0 Å². The number of nitrogens with zero attached hydrogens (tertiary/aromatic N) is 1. The van der Waals surface area contributed by atoms with Crippen LogP contribution in [-0.4, -0.2) is 24.5 Å². The van der Waals surface area contributed by atoms with Crippen LogP contribution in [0.25, 0.3) is 0 Å². The maximum atomic E-state index is 4.07. The second-order valence-corrected chi connectivity index (χ2v) is 5.97. The molecule has 118 valence electrons. The highest BCUT2D eigenvalue weighted by Crippen LogP contribution is 2.09. The zero-order valence-electron chi connectivity index (χ0n) is 14.1. The molecule has 0 rings (SSSR count). The Morgan fingerprint density at radius 1 is 0.800 bits per heavy atom. The van der Waals surface area contributed by atoms with Gasteiger partial charge in [-0.2, -0.15) is 0 Å². The predicted octanol–water partition coefficient (Wildman–Crippen LogP) is 5.97. The van der Waals surface area contributed by atoms with Gasteiger partial charge in [-0.15, -0.1) is 0 Å². The fourth-order valence-electron chi connectivity index (χ4n) is 2.50. The molecule has 1 heteroatoms. The van der Waals surface area contributed by atoms with Gasteiger partial charge in [0, 0.05) is 6.54 Å². The average Bonchev–Trinajstić information content (AvgIpc) is 2.46. The Morgan fingerprint density at radius 3 is 1.65 bits per heavy atom. The molecule has 0 saturated heterocycles. The Balaban J connectivity index is 3.82. The first-order valence-electron chi connectivity index (χ1n) is 8.77. The Kier molecular flexibility index (Phi) is 14.4. The van der Waals surface area contributed by atoms with Crippen LogP contribution in [0.3, 0.4) is 0 Å². The third-order valence-corrected chi connectivity index (χ3v) is 3.87. The van der Waals surface area contributed by atoms with Crippen molar-refractivity contribution in [2.75, 3.05) is 19.6 Å². The molecule has 0 heterocycles. The first-order chi connectivity index (χ1) is 9.74. The van der Waals surface area contributed by atoms with Crippen LogP contribution in [0.4, 0.5) is 0 Å². The highest BCUT2D eigenvalue weighted by molar-refractivity contribution is 5.12. The molecule has 0 bridgehead atoms. The molecule has 0 amide bonds. The number of hydrogen-bond donors (Lipinski definition) is 0. The second-order valence-electron chi connectivity index (χ2n) is 5.97. The Labute approximate surface area is 128 Å². The van der Waals surface area contributed by atoms with Crippen LogP contribution < -0.4 is 0 Å². The minimum absolute atomic E-state index is 1.01. The maximum Gasteiger partial charge on any atom is 0.0227 e. The zero-order chi connectivity index (χ0) is 15.1. The van der Waals surface area contributed by atoms with Crippen molar-refractivity contribution in [3.63, 3.8) is 0 Å². The van der Waals surface area contributed by atoms with E-state index in [2.05, 4.69) is 31.9 Å². The summed E-state index contributed by atoms with van der Waals surface area (Å²) >= 11 is 0. The van der Waals surface area contributed by atoms with Gasteiger partial charge in [-0.25, -0.2) is 0 Å². The van der Waals surface area contributed by atoms with Gasteiger partial charge in [-0.1, -0.05) is 84.4 Å². The highest BCUT2D eigenvalue weighted by Gasteiger charge is 2.05. The molecule has 0 aliphatic heterocycles. The van der Waals surface area contributed by atoms with Gasteiger partial charge >= 0.3 is 0 Å². The lowest BCUT2D eigenvalue weighted by molar-refractivity contribution is 0.282. The summed E-state index contributed by atoms with van der Waals surface area (Å²) in [6.45, 7) is 15.9. The topological polar surface area (TPSA) is 3.24 Å². The van der Waals surface area contributed by atoms with Crippen molar-refractivity contribution >= 4 is 0 Å². The second kappa shape index (κ2) is 14.8. The van der Waals surface area contributed by atoms with E-state index in [1.165, 1.54) is 77.3 Å².